The van der Waals surface area contributed by atoms with Gasteiger partial charge < -0.3 is 15.8 Å². The van der Waals surface area contributed by atoms with Crippen LogP contribution >= 0.6 is 23.1 Å². The van der Waals surface area contributed by atoms with E-state index in [1.165, 1.54) is 23.1 Å². The number of aryl methyl sites for hydroxylation is 2. The normalized spacial score (nSPS) is 12.7. The molecule has 2 aromatic heterocycles. The summed E-state index contributed by atoms with van der Waals surface area (Å²) in [5.41, 5.74) is 9.14. The van der Waals surface area contributed by atoms with Crippen LogP contribution in [0, 0.1) is 6.92 Å². The van der Waals surface area contributed by atoms with E-state index in [4.69, 9.17) is 10.5 Å². The number of hydrogen-bond acceptors (Lipinski definition) is 7. The third kappa shape index (κ3) is 5.70. The Morgan fingerprint density at radius 1 is 1.08 bits per heavy atom. The molecule has 0 bridgehead atoms. The van der Waals surface area contributed by atoms with Gasteiger partial charge in [0, 0.05) is 10.6 Å². The van der Waals surface area contributed by atoms with Gasteiger partial charge in [0.2, 0.25) is 5.91 Å². The number of para-hydroxylation sites is 1. The lowest BCUT2D eigenvalue weighted by atomic mass is 9.95. The van der Waals surface area contributed by atoms with Gasteiger partial charge in [0.25, 0.3) is 5.91 Å². The van der Waals surface area contributed by atoms with E-state index in [0.29, 0.717) is 21.5 Å². The monoisotopic (exact) mass is 533 g/mol. The van der Waals surface area contributed by atoms with Gasteiger partial charge >= 0.3 is 0 Å². The molecule has 2 aromatic carbocycles. The van der Waals surface area contributed by atoms with Crippen LogP contribution in [0.15, 0.2) is 59.8 Å². The van der Waals surface area contributed by atoms with Crippen LogP contribution in [0.3, 0.4) is 0 Å². The number of amides is 2. The van der Waals surface area contributed by atoms with Crippen LogP contribution in [-0.4, -0.2) is 32.3 Å². The standard InChI is InChI=1S/C27H27N5O3S2/c1-17-11-13-18(14-12-17)32-22(15-35-19-7-3-2-4-8-19)30-31-27(32)36-16-23(33)29-26-24(25(28)34)20-9-5-6-10-21(20)37-26/h2-4,7-8,11-14H,5-6,9-10,15-16H2,1H3,(H2,28,34)(H,29,33). The Hall–Kier alpha value is -3.63. The fraction of sp³-hybridized carbons (Fsp3) is 0.259. The number of hydrogen-bond donors (Lipinski definition) is 2. The second kappa shape index (κ2) is 11.2. The van der Waals surface area contributed by atoms with E-state index in [2.05, 4.69) is 15.5 Å². The first-order valence-electron chi connectivity index (χ1n) is 12.1. The lowest BCUT2D eigenvalue weighted by Gasteiger charge is -2.12. The number of nitrogens with zero attached hydrogens (tertiary/aromatic N) is 3. The quantitative estimate of drug-likeness (QED) is 0.295. The number of fused-ring (bicyclic) bond motifs is 1. The van der Waals surface area contributed by atoms with Crippen molar-refractivity contribution in [1.29, 1.82) is 0 Å². The van der Waals surface area contributed by atoms with E-state index >= 15 is 0 Å². The van der Waals surface area contributed by atoms with Gasteiger partial charge in [-0.3, -0.25) is 14.2 Å². The van der Waals surface area contributed by atoms with Crippen LogP contribution in [0.5, 0.6) is 5.75 Å². The lowest BCUT2D eigenvalue weighted by molar-refractivity contribution is -0.113. The summed E-state index contributed by atoms with van der Waals surface area (Å²) < 4.78 is 7.82. The first-order valence-corrected chi connectivity index (χ1v) is 13.9. The van der Waals surface area contributed by atoms with Gasteiger partial charge in [-0.15, -0.1) is 21.5 Å². The maximum absolute atomic E-state index is 12.9. The van der Waals surface area contributed by atoms with Crippen LogP contribution in [0.2, 0.25) is 0 Å². The summed E-state index contributed by atoms with van der Waals surface area (Å²) >= 11 is 2.73. The molecule has 0 spiro atoms. The van der Waals surface area contributed by atoms with Crippen LogP contribution in [0.1, 0.15) is 45.0 Å². The summed E-state index contributed by atoms with van der Waals surface area (Å²) in [6, 6.07) is 17.5. The molecule has 8 nitrogen and oxygen atoms in total. The summed E-state index contributed by atoms with van der Waals surface area (Å²) in [4.78, 5) is 26.2. The predicted octanol–water partition coefficient (Wildman–Crippen LogP) is 4.92. The van der Waals surface area contributed by atoms with Crippen molar-refractivity contribution in [2.45, 2.75) is 44.4 Å². The number of ether oxygens (including phenoxy) is 1. The van der Waals surface area contributed by atoms with Crippen molar-refractivity contribution in [3.63, 3.8) is 0 Å². The van der Waals surface area contributed by atoms with Crippen molar-refractivity contribution >= 4 is 39.9 Å². The van der Waals surface area contributed by atoms with Gasteiger partial charge in [0.15, 0.2) is 11.0 Å². The summed E-state index contributed by atoms with van der Waals surface area (Å²) in [6.45, 7) is 2.25. The fourth-order valence-electron chi connectivity index (χ4n) is 4.31. The number of rotatable bonds is 9. The zero-order valence-electron chi connectivity index (χ0n) is 20.4. The Morgan fingerprint density at radius 2 is 1.84 bits per heavy atom. The molecule has 1 aliphatic carbocycles. The van der Waals surface area contributed by atoms with Crippen molar-refractivity contribution < 1.29 is 14.3 Å². The van der Waals surface area contributed by atoms with Gasteiger partial charge in [-0.2, -0.15) is 0 Å². The molecule has 0 saturated carbocycles. The van der Waals surface area contributed by atoms with E-state index in [9.17, 15) is 9.59 Å². The number of primary amides is 1. The second-order valence-corrected chi connectivity index (χ2v) is 10.8. The summed E-state index contributed by atoms with van der Waals surface area (Å²) in [7, 11) is 0. The Kier molecular flexibility index (Phi) is 7.57. The molecule has 1 aliphatic rings. The van der Waals surface area contributed by atoms with E-state index in [-0.39, 0.29) is 18.3 Å². The molecule has 0 aliphatic heterocycles. The van der Waals surface area contributed by atoms with Gasteiger partial charge in [-0.05, 0) is 62.4 Å². The number of nitrogens with one attached hydrogen (secondary N) is 1. The third-order valence-electron chi connectivity index (χ3n) is 6.11. The third-order valence-corrected chi connectivity index (χ3v) is 8.24. The van der Waals surface area contributed by atoms with Crippen LogP contribution < -0.4 is 15.8 Å². The number of thiophene rings is 1. The van der Waals surface area contributed by atoms with Crippen molar-refractivity contribution in [1.82, 2.24) is 14.8 Å². The highest BCUT2D eigenvalue weighted by atomic mass is 32.2. The smallest absolute Gasteiger partial charge is 0.251 e. The number of carbonyl (C=O) groups excluding carboxylic acids is 2. The van der Waals surface area contributed by atoms with Crippen LogP contribution in [-0.2, 0) is 24.2 Å². The molecule has 2 heterocycles. The molecule has 2 amide bonds. The lowest BCUT2D eigenvalue weighted by Crippen LogP contribution is -2.19. The number of anilines is 1. The number of aromatic nitrogens is 3. The molecule has 4 aromatic rings. The van der Waals surface area contributed by atoms with E-state index in [0.717, 1.165) is 53.1 Å². The van der Waals surface area contributed by atoms with Crippen LogP contribution in [0.4, 0.5) is 5.00 Å². The van der Waals surface area contributed by atoms with E-state index in [1.54, 1.807) is 0 Å². The zero-order valence-corrected chi connectivity index (χ0v) is 22.0. The number of carbonyl (C=O) groups is 2. The molecular weight excluding hydrogens is 506 g/mol. The van der Waals surface area contributed by atoms with Crippen molar-refractivity contribution in [2.24, 2.45) is 5.73 Å². The van der Waals surface area contributed by atoms with E-state index in [1.807, 2.05) is 66.1 Å². The van der Waals surface area contributed by atoms with Crippen LogP contribution in [0.25, 0.3) is 5.69 Å². The minimum Gasteiger partial charge on any atom is -0.486 e. The molecule has 0 atom stereocenters. The molecule has 10 heteroatoms. The molecule has 5 rings (SSSR count). The first-order chi connectivity index (χ1) is 18.0. The topological polar surface area (TPSA) is 112 Å². The van der Waals surface area contributed by atoms with Crippen molar-refractivity contribution in [3.8, 4) is 11.4 Å². The zero-order chi connectivity index (χ0) is 25.8. The summed E-state index contributed by atoms with van der Waals surface area (Å²) in [6.07, 6.45) is 3.85. The predicted molar refractivity (Wildman–Crippen MR) is 146 cm³/mol. The maximum Gasteiger partial charge on any atom is 0.251 e. The molecular formula is C27H27N5O3S2. The number of benzene rings is 2. The highest BCUT2D eigenvalue weighted by Crippen LogP contribution is 2.38. The van der Waals surface area contributed by atoms with E-state index < -0.39 is 5.91 Å². The summed E-state index contributed by atoms with van der Waals surface area (Å²) in [5.74, 6) is 0.733. The van der Waals surface area contributed by atoms with Gasteiger partial charge in [0.1, 0.15) is 17.4 Å². The molecule has 3 N–H and O–H groups in total. The number of thioether (sulfide) groups is 1. The highest BCUT2D eigenvalue weighted by molar-refractivity contribution is 7.99. The molecule has 0 radical (unpaired) electrons. The average molecular weight is 534 g/mol. The largest absolute Gasteiger partial charge is 0.486 e. The van der Waals surface area contributed by atoms with Crippen molar-refractivity contribution in [3.05, 3.63) is 82.0 Å². The molecule has 0 saturated heterocycles. The Balaban J connectivity index is 1.33. The Labute approximate surface area is 223 Å². The minimum absolute atomic E-state index is 0.101. The Morgan fingerprint density at radius 3 is 2.59 bits per heavy atom. The first kappa shape index (κ1) is 25.0. The molecule has 0 fully saturated rings. The molecule has 0 unspecified atom stereocenters. The fourth-order valence-corrected chi connectivity index (χ4v) is 6.39. The second-order valence-electron chi connectivity index (χ2n) is 8.79. The minimum atomic E-state index is -0.496. The Bertz CT molecular complexity index is 1410. The van der Waals surface area contributed by atoms with Gasteiger partial charge in [0.05, 0.1) is 11.3 Å². The average Bonchev–Trinajstić information content (AvgIpc) is 3.48. The highest BCUT2D eigenvalue weighted by Gasteiger charge is 2.25. The molecule has 190 valence electrons. The van der Waals surface area contributed by atoms with Gasteiger partial charge in [-0.25, -0.2) is 0 Å². The molecule has 37 heavy (non-hydrogen) atoms. The summed E-state index contributed by atoms with van der Waals surface area (Å²) in [5, 5.41) is 12.7. The number of nitrogens with two attached hydrogens (primary N) is 1. The maximum atomic E-state index is 12.9. The van der Waals surface area contributed by atoms with Gasteiger partial charge in [-0.1, -0.05) is 47.7 Å². The SMILES string of the molecule is Cc1ccc(-n2c(COc3ccccc3)nnc2SCC(=O)Nc2sc3c(c2C(N)=O)CCCC3)cc1. The van der Waals surface area contributed by atoms with Crippen molar-refractivity contribution in [2.75, 3.05) is 11.1 Å².